The van der Waals surface area contributed by atoms with Gasteiger partial charge in [0.1, 0.15) is 6.61 Å². The van der Waals surface area contributed by atoms with Crippen LogP contribution in [0.2, 0.25) is 0 Å². The van der Waals surface area contributed by atoms with Crippen LogP contribution >= 0.6 is 0 Å². The average molecular weight is 379 g/mol. The van der Waals surface area contributed by atoms with E-state index in [9.17, 15) is 4.79 Å². The highest BCUT2D eigenvalue weighted by Crippen LogP contribution is 2.34. The van der Waals surface area contributed by atoms with Crippen LogP contribution in [0, 0.1) is 5.92 Å². The van der Waals surface area contributed by atoms with Crippen molar-refractivity contribution in [3.63, 3.8) is 0 Å². The molecule has 1 amide bonds. The molecule has 0 N–H and O–H groups in total. The fourth-order valence-electron chi connectivity index (χ4n) is 5.99. The molecule has 2 atom stereocenters. The topological polar surface area (TPSA) is 42.0 Å². The molecule has 0 aromatic rings. The lowest BCUT2D eigenvalue weighted by atomic mass is 9.84. The van der Waals surface area contributed by atoms with E-state index in [0.717, 1.165) is 63.9 Å². The molecule has 5 heteroatoms. The molecule has 0 bridgehead atoms. The SMILES string of the molecule is CCOCC1CCC(N2CCC(N3C(=O)CO[C@H]4CCCC[C@H]43)CC2)CC1. The van der Waals surface area contributed by atoms with E-state index >= 15 is 0 Å². The third-order valence-electron chi connectivity index (χ3n) is 7.52. The molecule has 4 rings (SSSR count). The highest BCUT2D eigenvalue weighted by molar-refractivity contribution is 5.79. The van der Waals surface area contributed by atoms with E-state index in [1.54, 1.807) is 0 Å². The fraction of sp³-hybridized carbons (Fsp3) is 0.955. The summed E-state index contributed by atoms with van der Waals surface area (Å²) in [6.45, 7) is 6.51. The van der Waals surface area contributed by atoms with E-state index in [1.807, 2.05) is 0 Å². The van der Waals surface area contributed by atoms with Gasteiger partial charge in [-0.2, -0.15) is 0 Å². The standard InChI is InChI=1S/C22H38N2O3/c1-2-26-15-17-7-9-18(10-8-17)23-13-11-19(12-14-23)24-20-5-3-4-6-21(20)27-16-22(24)25/h17-21H,2-16H2,1H3/t17?,18?,20-,21+/m1/s1. The number of carbonyl (C=O) groups excluding carboxylic acids is 1. The second-order valence-corrected chi connectivity index (χ2v) is 9.10. The van der Waals surface area contributed by atoms with Crippen molar-refractivity contribution in [2.45, 2.75) is 95.4 Å². The maximum atomic E-state index is 12.6. The molecule has 27 heavy (non-hydrogen) atoms. The lowest BCUT2D eigenvalue weighted by molar-refractivity contribution is -0.167. The van der Waals surface area contributed by atoms with E-state index in [2.05, 4.69) is 16.7 Å². The Morgan fingerprint density at radius 3 is 2.44 bits per heavy atom. The Morgan fingerprint density at radius 2 is 1.70 bits per heavy atom. The van der Waals surface area contributed by atoms with E-state index in [4.69, 9.17) is 9.47 Å². The van der Waals surface area contributed by atoms with Gasteiger partial charge < -0.3 is 19.3 Å². The first kappa shape index (κ1) is 19.7. The normalized spacial score (nSPS) is 36.6. The van der Waals surface area contributed by atoms with Crippen molar-refractivity contribution in [3.05, 3.63) is 0 Å². The summed E-state index contributed by atoms with van der Waals surface area (Å²) in [5.41, 5.74) is 0. The maximum Gasteiger partial charge on any atom is 0.249 e. The summed E-state index contributed by atoms with van der Waals surface area (Å²) in [6.07, 6.45) is 12.7. The summed E-state index contributed by atoms with van der Waals surface area (Å²) in [5.74, 6) is 1.01. The summed E-state index contributed by atoms with van der Waals surface area (Å²) in [4.78, 5) is 17.6. The van der Waals surface area contributed by atoms with Gasteiger partial charge in [0, 0.05) is 38.4 Å². The van der Waals surface area contributed by atoms with Crippen LogP contribution in [0.25, 0.3) is 0 Å². The van der Waals surface area contributed by atoms with Gasteiger partial charge in [-0.1, -0.05) is 12.8 Å². The average Bonchev–Trinajstić information content (AvgIpc) is 2.73. The van der Waals surface area contributed by atoms with Gasteiger partial charge in [0.05, 0.1) is 12.1 Å². The number of rotatable bonds is 5. The van der Waals surface area contributed by atoms with Gasteiger partial charge >= 0.3 is 0 Å². The number of ether oxygens (including phenoxy) is 2. The Bertz CT molecular complexity index is 484. The molecule has 4 fully saturated rings. The highest BCUT2D eigenvalue weighted by atomic mass is 16.5. The van der Waals surface area contributed by atoms with E-state index in [-0.39, 0.29) is 5.91 Å². The summed E-state index contributed by atoms with van der Waals surface area (Å²) in [6, 6.07) is 1.55. The number of carbonyl (C=O) groups is 1. The second-order valence-electron chi connectivity index (χ2n) is 9.10. The van der Waals surface area contributed by atoms with Crippen LogP contribution < -0.4 is 0 Å². The van der Waals surface area contributed by atoms with Crippen molar-refractivity contribution in [1.82, 2.24) is 9.80 Å². The van der Waals surface area contributed by atoms with E-state index < -0.39 is 0 Å². The Labute approximate surface area is 164 Å². The molecule has 2 saturated carbocycles. The Morgan fingerprint density at radius 1 is 0.963 bits per heavy atom. The van der Waals surface area contributed by atoms with Crippen LogP contribution in [0.4, 0.5) is 0 Å². The molecule has 0 unspecified atom stereocenters. The van der Waals surface area contributed by atoms with Crippen LogP contribution in [0.1, 0.15) is 71.1 Å². The molecule has 4 aliphatic rings. The number of nitrogens with zero attached hydrogens (tertiary/aromatic N) is 2. The monoisotopic (exact) mass is 378 g/mol. The molecule has 2 aliphatic heterocycles. The Balaban J connectivity index is 1.27. The molecule has 2 saturated heterocycles. The zero-order chi connectivity index (χ0) is 18.6. The van der Waals surface area contributed by atoms with Crippen molar-refractivity contribution in [1.29, 1.82) is 0 Å². The van der Waals surface area contributed by atoms with Crippen molar-refractivity contribution in [3.8, 4) is 0 Å². The quantitative estimate of drug-likeness (QED) is 0.737. The summed E-state index contributed by atoms with van der Waals surface area (Å²) in [7, 11) is 0. The van der Waals surface area contributed by atoms with Crippen LogP contribution in [0.15, 0.2) is 0 Å². The fourth-order valence-corrected chi connectivity index (χ4v) is 5.99. The number of piperidine rings is 1. The minimum absolute atomic E-state index is 0.244. The van der Waals surface area contributed by atoms with Crippen LogP contribution in [0.3, 0.4) is 0 Å². The zero-order valence-electron chi connectivity index (χ0n) is 17.1. The lowest BCUT2D eigenvalue weighted by Crippen LogP contribution is -2.61. The molecule has 0 radical (unpaired) electrons. The minimum atomic E-state index is 0.244. The summed E-state index contributed by atoms with van der Waals surface area (Å²) >= 11 is 0. The predicted molar refractivity (Wildman–Crippen MR) is 106 cm³/mol. The maximum absolute atomic E-state index is 12.6. The predicted octanol–water partition coefficient (Wildman–Crippen LogP) is 3.22. The Kier molecular flexibility index (Phi) is 6.72. The number of hydrogen-bond acceptors (Lipinski definition) is 4. The van der Waals surface area contributed by atoms with E-state index in [0.29, 0.717) is 24.8 Å². The van der Waals surface area contributed by atoms with Gasteiger partial charge in [-0.15, -0.1) is 0 Å². The first-order valence-corrected chi connectivity index (χ1v) is 11.5. The van der Waals surface area contributed by atoms with Gasteiger partial charge in [0.2, 0.25) is 5.91 Å². The van der Waals surface area contributed by atoms with Crippen LogP contribution in [-0.4, -0.2) is 72.8 Å². The number of likely N-dealkylation sites (tertiary alicyclic amines) is 1. The largest absolute Gasteiger partial charge is 0.381 e. The van der Waals surface area contributed by atoms with Gasteiger partial charge in [-0.05, 0) is 64.2 Å². The molecule has 2 aliphatic carbocycles. The molecule has 0 aromatic carbocycles. The van der Waals surface area contributed by atoms with Crippen molar-refractivity contribution < 1.29 is 14.3 Å². The van der Waals surface area contributed by atoms with Crippen molar-refractivity contribution >= 4 is 5.91 Å². The van der Waals surface area contributed by atoms with Crippen LogP contribution in [0.5, 0.6) is 0 Å². The smallest absolute Gasteiger partial charge is 0.249 e. The molecule has 0 aromatic heterocycles. The molecular formula is C22H38N2O3. The first-order chi connectivity index (χ1) is 13.3. The molecule has 0 spiro atoms. The number of fused-ring (bicyclic) bond motifs is 1. The number of amides is 1. The zero-order valence-corrected chi connectivity index (χ0v) is 17.1. The molecule has 5 nitrogen and oxygen atoms in total. The molecule has 154 valence electrons. The number of morpholine rings is 1. The van der Waals surface area contributed by atoms with Crippen molar-refractivity contribution in [2.75, 3.05) is 32.9 Å². The number of hydrogen-bond donors (Lipinski definition) is 0. The van der Waals surface area contributed by atoms with Gasteiger partial charge in [0.15, 0.2) is 0 Å². The third-order valence-corrected chi connectivity index (χ3v) is 7.52. The summed E-state index contributed by atoms with van der Waals surface area (Å²) in [5, 5.41) is 0. The Hall–Kier alpha value is -0.650. The first-order valence-electron chi connectivity index (χ1n) is 11.5. The third kappa shape index (κ3) is 4.51. The molecule has 2 heterocycles. The minimum Gasteiger partial charge on any atom is -0.381 e. The van der Waals surface area contributed by atoms with Gasteiger partial charge in [0.25, 0.3) is 0 Å². The van der Waals surface area contributed by atoms with Gasteiger partial charge in [-0.25, -0.2) is 0 Å². The summed E-state index contributed by atoms with van der Waals surface area (Å²) < 4.78 is 11.5. The van der Waals surface area contributed by atoms with Crippen LogP contribution in [-0.2, 0) is 14.3 Å². The van der Waals surface area contributed by atoms with Gasteiger partial charge in [-0.3, -0.25) is 4.79 Å². The van der Waals surface area contributed by atoms with E-state index in [1.165, 1.54) is 38.5 Å². The second kappa shape index (κ2) is 9.23. The molecular weight excluding hydrogens is 340 g/mol. The lowest BCUT2D eigenvalue weighted by Gasteiger charge is -2.50. The highest BCUT2D eigenvalue weighted by Gasteiger charge is 2.42. The van der Waals surface area contributed by atoms with Crippen molar-refractivity contribution in [2.24, 2.45) is 5.92 Å².